The molecule has 0 spiro atoms. The van der Waals surface area contributed by atoms with E-state index in [1.807, 2.05) is 30.3 Å². The van der Waals surface area contributed by atoms with Crippen molar-refractivity contribution in [3.8, 4) is 0 Å². The molecule has 0 aliphatic rings. The van der Waals surface area contributed by atoms with Crippen LogP contribution < -0.4 is 11.1 Å². The van der Waals surface area contributed by atoms with E-state index >= 15 is 0 Å². The van der Waals surface area contributed by atoms with Crippen molar-refractivity contribution in [2.24, 2.45) is 0 Å². The molecule has 2 aromatic rings. The van der Waals surface area contributed by atoms with E-state index in [2.05, 4.69) is 16.9 Å². The summed E-state index contributed by atoms with van der Waals surface area (Å²) in [4.78, 5) is 15.5. The van der Waals surface area contributed by atoms with Crippen LogP contribution in [0.5, 0.6) is 0 Å². The molecule has 0 saturated carbocycles. The number of nitrogens with one attached hydrogen (secondary N) is 1. The Morgan fingerprint density at radius 3 is 2.71 bits per heavy atom. The lowest BCUT2D eigenvalue weighted by atomic mass is 10.1. The molecule has 3 N–H and O–H groups in total. The number of benzene rings is 1. The van der Waals surface area contributed by atoms with Gasteiger partial charge in [-0.05, 0) is 35.9 Å². The molecule has 5 heteroatoms. The van der Waals surface area contributed by atoms with E-state index in [4.69, 9.17) is 17.3 Å². The minimum atomic E-state index is -0.260. The zero-order valence-corrected chi connectivity index (χ0v) is 12.0. The molecule has 1 amide bonds. The number of nitrogens with zero attached hydrogens (tertiary/aromatic N) is 1. The van der Waals surface area contributed by atoms with Crippen LogP contribution in [0.4, 0.5) is 11.4 Å². The molecular weight excluding hydrogens is 286 g/mol. The second-order valence-corrected chi connectivity index (χ2v) is 4.59. The highest BCUT2D eigenvalue weighted by molar-refractivity contribution is 6.31. The number of aromatic nitrogens is 1. The van der Waals surface area contributed by atoms with Crippen LogP contribution >= 0.6 is 11.6 Å². The molecule has 106 valence electrons. The van der Waals surface area contributed by atoms with Crippen LogP contribution in [0.3, 0.4) is 0 Å². The highest BCUT2D eigenvalue weighted by Gasteiger charge is 2.02. The molecule has 0 aliphatic carbocycles. The Morgan fingerprint density at radius 1 is 1.24 bits per heavy atom. The molecule has 0 fully saturated rings. The summed E-state index contributed by atoms with van der Waals surface area (Å²) in [6.45, 7) is 3.43. The summed E-state index contributed by atoms with van der Waals surface area (Å²) in [5.74, 6) is -0.260. The third-order valence-electron chi connectivity index (χ3n) is 2.74. The third kappa shape index (κ3) is 3.94. The highest BCUT2D eigenvalue weighted by atomic mass is 35.5. The summed E-state index contributed by atoms with van der Waals surface area (Å²) in [6, 6.07) is 10.9. The summed E-state index contributed by atoms with van der Waals surface area (Å²) in [5.41, 5.74) is 8.28. The Balaban J connectivity index is 2.26. The van der Waals surface area contributed by atoms with Gasteiger partial charge in [-0.2, -0.15) is 0 Å². The minimum Gasteiger partial charge on any atom is -0.396 e. The first-order valence-electron chi connectivity index (χ1n) is 6.22. The molecule has 1 aromatic heterocycles. The number of pyridine rings is 1. The minimum absolute atomic E-state index is 0.260. The molecule has 0 atom stereocenters. The van der Waals surface area contributed by atoms with Gasteiger partial charge >= 0.3 is 0 Å². The van der Waals surface area contributed by atoms with Crippen molar-refractivity contribution in [1.29, 1.82) is 0 Å². The number of nitrogens with two attached hydrogens (primary N) is 1. The van der Waals surface area contributed by atoms with Crippen LogP contribution in [0.15, 0.2) is 49.1 Å². The molecule has 0 radical (unpaired) electrons. The maximum Gasteiger partial charge on any atom is 0.247 e. The Morgan fingerprint density at radius 2 is 2.00 bits per heavy atom. The lowest BCUT2D eigenvalue weighted by Gasteiger charge is -2.06. The van der Waals surface area contributed by atoms with Gasteiger partial charge in [0.25, 0.3) is 0 Å². The Labute approximate surface area is 128 Å². The first-order chi connectivity index (χ1) is 10.1. The van der Waals surface area contributed by atoms with Gasteiger partial charge in [0, 0.05) is 5.69 Å². The van der Waals surface area contributed by atoms with Crippen molar-refractivity contribution < 1.29 is 4.79 Å². The van der Waals surface area contributed by atoms with Crippen LogP contribution in [0.25, 0.3) is 12.2 Å². The topological polar surface area (TPSA) is 68.0 Å². The van der Waals surface area contributed by atoms with Gasteiger partial charge in [0.2, 0.25) is 5.91 Å². The summed E-state index contributed by atoms with van der Waals surface area (Å²) < 4.78 is 0. The normalized spacial score (nSPS) is 10.5. The fourth-order valence-corrected chi connectivity index (χ4v) is 1.83. The molecule has 4 nitrogen and oxygen atoms in total. The van der Waals surface area contributed by atoms with E-state index in [0.29, 0.717) is 17.1 Å². The molecule has 0 unspecified atom stereocenters. The van der Waals surface area contributed by atoms with E-state index in [1.165, 1.54) is 6.08 Å². The lowest BCUT2D eigenvalue weighted by Crippen LogP contribution is -2.08. The first-order valence-corrected chi connectivity index (χ1v) is 6.60. The van der Waals surface area contributed by atoms with Crippen LogP contribution in [-0.2, 0) is 4.79 Å². The van der Waals surface area contributed by atoms with Gasteiger partial charge in [-0.3, -0.25) is 4.79 Å². The number of hydrogen-bond donors (Lipinski definition) is 2. The summed E-state index contributed by atoms with van der Waals surface area (Å²) in [6.07, 6.45) is 4.86. The van der Waals surface area contributed by atoms with Gasteiger partial charge in [-0.15, -0.1) is 0 Å². The number of amides is 1. The van der Waals surface area contributed by atoms with Crippen molar-refractivity contribution in [3.63, 3.8) is 0 Å². The van der Waals surface area contributed by atoms with Gasteiger partial charge in [0.15, 0.2) is 5.15 Å². The van der Waals surface area contributed by atoms with Crippen molar-refractivity contribution in [1.82, 2.24) is 4.98 Å². The lowest BCUT2D eigenvalue weighted by molar-refractivity contribution is -0.111. The number of halogens is 1. The molecule has 0 aliphatic heterocycles. The van der Waals surface area contributed by atoms with Crippen LogP contribution in [0.1, 0.15) is 11.3 Å². The maximum atomic E-state index is 11.4. The van der Waals surface area contributed by atoms with Gasteiger partial charge in [0.1, 0.15) is 0 Å². The molecule has 0 bridgehead atoms. The van der Waals surface area contributed by atoms with Crippen molar-refractivity contribution in [2.75, 3.05) is 11.1 Å². The number of carbonyl (C=O) groups excluding carboxylic acids is 1. The van der Waals surface area contributed by atoms with Crippen LogP contribution in [0, 0.1) is 0 Å². The maximum absolute atomic E-state index is 11.4. The van der Waals surface area contributed by atoms with Gasteiger partial charge in [-0.25, -0.2) is 4.98 Å². The van der Waals surface area contributed by atoms with Crippen molar-refractivity contribution >= 4 is 41.0 Å². The van der Waals surface area contributed by atoms with Crippen LogP contribution in [0.2, 0.25) is 5.15 Å². The molecule has 1 aromatic carbocycles. The molecule has 2 rings (SSSR count). The molecule has 1 heterocycles. The average Bonchev–Trinajstić information content (AvgIpc) is 2.49. The summed E-state index contributed by atoms with van der Waals surface area (Å²) in [5, 5.41) is 3.01. The van der Waals surface area contributed by atoms with E-state index in [0.717, 1.165) is 5.56 Å². The van der Waals surface area contributed by atoms with Gasteiger partial charge < -0.3 is 11.1 Å². The SMILES string of the molecule is C=CC(=O)Nc1ccccc1/C=C/c1ccc(N)c(Cl)n1. The number of hydrogen-bond acceptors (Lipinski definition) is 3. The monoisotopic (exact) mass is 299 g/mol. The first kappa shape index (κ1) is 14.8. The van der Waals surface area contributed by atoms with Crippen molar-refractivity contribution in [3.05, 3.63) is 65.5 Å². The Kier molecular flexibility index (Phi) is 4.74. The van der Waals surface area contributed by atoms with E-state index < -0.39 is 0 Å². The number of para-hydroxylation sites is 1. The number of carbonyl (C=O) groups is 1. The molecule has 21 heavy (non-hydrogen) atoms. The largest absolute Gasteiger partial charge is 0.396 e. The Bertz CT molecular complexity index is 710. The fourth-order valence-electron chi connectivity index (χ4n) is 1.67. The zero-order chi connectivity index (χ0) is 15.2. The van der Waals surface area contributed by atoms with Crippen LogP contribution in [-0.4, -0.2) is 10.9 Å². The quantitative estimate of drug-likeness (QED) is 0.669. The molecular formula is C16H14ClN3O. The van der Waals surface area contributed by atoms with Crippen molar-refractivity contribution in [2.45, 2.75) is 0 Å². The predicted molar refractivity (Wildman–Crippen MR) is 87.9 cm³/mol. The third-order valence-corrected chi connectivity index (χ3v) is 3.04. The van der Waals surface area contributed by atoms with E-state index in [1.54, 1.807) is 18.2 Å². The summed E-state index contributed by atoms with van der Waals surface area (Å²) in [7, 11) is 0. The number of nitrogen functional groups attached to an aromatic ring is 1. The fraction of sp³-hybridized carbons (Fsp3) is 0. The predicted octanol–water partition coefficient (Wildman–Crippen LogP) is 3.61. The Hall–Kier alpha value is -2.59. The van der Waals surface area contributed by atoms with E-state index in [-0.39, 0.29) is 11.1 Å². The van der Waals surface area contributed by atoms with E-state index in [9.17, 15) is 4.79 Å². The number of rotatable bonds is 4. The second-order valence-electron chi connectivity index (χ2n) is 4.23. The average molecular weight is 300 g/mol. The second kappa shape index (κ2) is 6.72. The van der Waals surface area contributed by atoms with Gasteiger partial charge in [-0.1, -0.05) is 42.5 Å². The highest BCUT2D eigenvalue weighted by Crippen LogP contribution is 2.20. The smallest absolute Gasteiger partial charge is 0.247 e. The summed E-state index contributed by atoms with van der Waals surface area (Å²) >= 11 is 5.88. The zero-order valence-electron chi connectivity index (χ0n) is 11.2. The standard InChI is InChI=1S/C16H14ClN3O/c1-2-15(21)20-14-6-4-3-5-11(14)7-8-12-9-10-13(18)16(17)19-12/h2-10H,1,18H2,(H,20,21)/b8-7+. The number of anilines is 2. The van der Waals surface area contributed by atoms with Gasteiger partial charge in [0.05, 0.1) is 11.4 Å². The molecule has 0 saturated heterocycles.